The monoisotopic (exact) mass is 477 g/mol. The van der Waals surface area contributed by atoms with Crippen molar-refractivity contribution in [2.24, 2.45) is 5.92 Å². The minimum absolute atomic E-state index is 0.147. The second kappa shape index (κ2) is 9.40. The minimum atomic E-state index is -1.15. The number of aryl methyl sites for hydroxylation is 1. The van der Waals surface area contributed by atoms with E-state index in [1.807, 2.05) is 41.9 Å². The first-order valence-corrected chi connectivity index (χ1v) is 11.6. The van der Waals surface area contributed by atoms with Crippen LogP contribution in [0.25, 0.3) is 22.2 Å². The Kier molecular flexibility index (Phi) is 6.15. The lowest BCUT2D eigenvalue weighted by Gasteiger charge is -2.28. The van der Waals surface area contributed by atoms with Crippen molar-refractivity contribution in [1.82, 2.24) is 25.3 Å². The first kappa shape index (κ1) is 22.9. The summed E-state index contributed by atoms with van der Waals surface area (Å²) < 4.78 is 29.1. The highest BCUT2D eigenvalue weighted by Gasteiger charge is 2.24. The van der Waals surface area contributed by atoms with Gasteiger partial charge in [0.1, 0.15) is 0 Å². The average molecular weight is 478 g/mol. The molecule has 2 heterocycles. The maximum absolute atomic E-state index is 13.5. The molecule has 1 amide bonds. The van der Waals surface area contributed by atoms with Crippen molar-refractivity contribution in [3.8, 4) is 17.0 Å². The normalized spacial score (nSPS) is 18.0. The molecule has 0 bridgehead atoms. The molecular weight excluding hydrogens is 452 g/mol. The maximum atomic E-state index is 13.5. The van der Waals surface area contributed by atoms with Crippen LogP contribution in [0.1, 0.15) is 47.8 Å². The maximum Gasteiger partial charge on any atom is 0.251 e. The largest absolute Gasteiger partial charge is 0.503 e. The van der Waals surface area contributed by atoms with E-state index in [2.05, 4.69) is 21.7 Å². The fraction of sp³-hybridized carbons (Fsp3) is 0.308. The van der Waals surface area contributed by atoms with Gasteiger partial charge in [0, 0.05) is 29.3 Å². The minimum Gasteiger partial charge on any atom is -0.503 e. The van der Waals surface area contributed by atoms with E-state index in [9.17, 15) is 18.7 Å². The lowest BCUT2D eigenvalue weighted by Crippen LogP contribution is -2.31. The van der Waals surface area contributed by atoms with E-state index in [0.29, 0.717) is 6.54 Å². The molecule has 7 nitrogen and oxygen atoms in total. The molecule has 1 fully saturated rings. The second-order valence-corrected chi connectivity index (χ2v) is 9.12. The number of nitrogens with one attached hydrogen (secondary N) is 1. The average Bonchev–Trinajstić information content (AvgIpc) is 3.30. The zero-order valence-corrected chi connectivity index (χ0v) is 19.2. The predicted octanol–water partition coefficient (Wildman–Crippen LogP) is 4.95. The van der Waals surface area contributed by atoms with Crippen LogP contribution in [0, 0.1) is 24.5 Å². The quantitative estimate of drug-likeness (QED) is 0.424. The molecule has 0 spiro atoms. The van der Waals surface area contributed by atoms with E-state index in [1.54, 1.807) is 0 Å². The summed E-state index contributed by atoms with van der Waals surface area (Å²) in [4.78, 5) is 12.3. The third-order valence-corrected chi connectivity index (χ3v) is 6.64. The molecule has 1 aliphatic carbocycles. The number of phenolic OH excluding ortho intramolecular Hbond substituents is 1. The summed E-state index contributed by atoms with van der Waals surface area (Å²) >= 11 is 0. The number of rotatable bonds is 5. The van der Waals surface area contributed by atoms with Gasteiger partial charge in [0.25, 0.3) is 5.91 Å². The van der Waals surface area contributed by atoms with Crippen LogP contribution in [0.2, 0.25) is 0 Å². The Morgan fingerprint density at radius 3 is 2.49 bits per heavy atom. The van der Waals surface area contributed by atoms with Gasteiger partial charge >= 0.3 is 0 Å². The molecule has 2 aromatic carbocycles. The summed E-state index contributed by atoms with van der Waals surface area (Å²) in [5, 5.41) is 26.2. The van der Waals surface area contributed by atoms with Gasteiger partial charge in [-0.05, 0) is 68.9 Å². The van der Waals surface area contributed by atoms with Crippen molar-refractivity contribution < 1.29 is 18.7 Å². The lowest BCUT2D eigenvalue weighted by molar-refractivity contribution is 0.0940. The number of benzene rings is 2. The van der Waals surface area contributed by atoms with E-state index < -0.39 is 23.3 Å². The zero-order valence-electron chi connectivity index (χ0n) is 19.2. The summed E-state index contributed by atoms with van der Waals surface area (Å²) in [5.74, 6) is -3.66. The summed E-state index contributed by atoms with van der Waals surface area (Å²) in [7, 11) is 0. The van der Waals surface area contributed by atoms with Crippen LogP contribution >= 0.6 is 0 Å². The molecule has 1 saturated carbocycles. The molecular formula is C26H25F2N5O2. The number of aromatic nitrogens is 4. The Balaban J connectivity index is 1.19. The highest BCUT2D eigenvalue weighted by Crippen LogP contribution is 2.33. The number of amides is 1. The Labute approximate surface area is 200 Å². The fourth-order valence-electron chi connectivity index (χ4n) is 4.58. The Bertz CT molecular complexity index is 1360. The van der Waals surface area contributed by atoms with E-state index in [1.165, 1.54) is 0 Å². The number of aromatic hydroxyl groups is 1. The Hall–Kier alpha value is -3.88. The van der Waals surface area contributed by atoms with Gasteiger partial charge in [-0.1, -0.05) is 12.1 Å². The van der Waals surface area contributed by atoms with Crippen LogP contribution in [0.3, 0.4) is 0 Å². The SMILES string of the molecule is Cc1ccc(-c2ccc3cn(C4CCC(CNC(=O)c5cc(F)c(O)c(F)c5)CC4)nc3c2)nn1. The van der Waals surface area contributed by atoms with Crippen LogP contribution in [-0.2, 0) is 0 Å². The summed E-state index contributed by atoms with van der Waals surface area (Å²) in [6.45, 7) is 2.33. The van der Waals surface area contributed by atoms with E-state index >= 15 is 0 Å². The summed E-state index contributed by atoms with van der Waals surface area (Å²) in [5.41, 5.74) is 3.42. The lowest BCUT2D eigenvalue weighted by atomic mass is 9.86. The molecule has 0 unspecified atom stereocenters. The molecule has 0 radical (unpaired) electrons. The highest BCUT2D eigenvalue weighted by atomic mass is 19.1. The van der Waals surface area contributed by atoms with Gasteiger partial charge in [0.05, 0.1) is 22.9 Å². The predicted molar refractivity (Wildman–Crippen MR) is 127 cm³/mol. The molecule has 180 valence electrons. The Morgan fingerprint density at radius 2 is 1.80 bits per heavy atom. The first-order chi connectivity index (χ1) is 16.9. The van der Waals surface area contributed by atoms with Crippen molar-refractivity contribution in [2.45, 2.75) is 38.6 Å². The third-order valence-electron chi connectivity index (χ3n) is 6.64. The Morgan fingerprint density at radius 1 is 1.06 bits per heavy atom. The van der Waals surface area contributed by atoms with Crippen molar-refractivity contribution in [1.29, 1.82) is 0 Å². The molecule has 0 saturated heterocycles. The standard InChI is InChI=1S/C26H25F2N5O2/c1-15-2-9-23(31-30-15)17-5-6-18-14-33(32-24(18)12-17)20-7-3-16(4-8-20)13-29-26(35)19-10-21(27)25(34)22(28)11-19/h2,5-6,9-12,14,16,20,34H,3-4,7-8,13H2,1H3,(H,29,35). The molecule has 1 aliphatic rings. The van der Waals surface area contributed by atoms with Gasteiger partial charge in [-0.3, -0.25) is 9.48 Å². The molecule has 4 aromatic rings. The van der Waals surface area contributed by atoms with Crippen LogP contribution in [0.15, 0.2) is 48.7 Å². The van der Waals surface area contributed by atoms with Gasteiger partial charge in [0.15, 0.2) is 17.4 Å². The topological polar surface area (TPSA) is 92.9 Å². The van der Waals surface area contributed by atoms with Crippen LogP contribution in [-0.4, -0.2) is 37.5 Å². The van der Waals surface area contributed by atoms with Crippen molar-refractivity contribution in [3.63, 3.8) is 0 Å². The van der Waals surface area contributed by atoms with E-state index in [0.717, 1.165) is 65.7 Å². The number of hydrogen-bond donors (Lipinski definition) is 2. The van der Waals surface area contributed by atoms with Crippen molar-refractivity contribution in [2.75, 3.05) is 6.54 Å². The first-order valence-electron chi connectivity index (χ1n) is 11.6. The zero-order chi connectivity index (χ0) is 24.5. The number of phenols is 1. The van der Waals surface area contributed by atoms with Gasteiger partial charge in [0.2, 0.25) is 0 Å². The van der Waals surface area contributed by atoms with Gasteiger partial charge in [-0.2, -0.15) is 15.3 Å². The van der Waals surface area contributed by atoms with Crippen molar-refractivity contribution in [3.05, 3.63) is 71.6 Å². The van der Waals surface area contributed by atoms with Crippen molar-refractivity contribution >= 4 is 16.8 Å². The fourth-order valence-corrected chi connectivity index (χ4v) is 4.58. The number of halogens is 2. The smallest absolute Gasteiger partial charge is 0.251 e. The highest BCUT2D eigenvalue weighted by molar-refractivity contribution is 5.94. The number of nitrogens with zero attached hydrogens (tertiary/aromatic N) is 4. The summed E-state index contributed by atoms with van der Waals surface area (Å²) in [6, 6.07) is 11.9. The molecule has 2 N–H and O–H groups in total. The summed E-state index contributed by atoms with van der Waals surface area (Å²) in [6.07, 6.45) is 5.73. The molecule has 35 heavy (non-hydrogen) atoms. The van der Waals surface area contributed by atoms with Crippen LogP contribution in [0.5, 0.6) is 5.75 Å². The van der Waals surface area contributed by atoms with Crippen LogP contribution in [0.4, 0.5) is 8.78 Å². The number of hydrogen-bond acceptors (Lipinski definition) is 5. The second-order valence-electron chi connectivity index (χ2n) is 9.12. The number of carbonyl (C=O) groups excluding carboxylic acids is 1. The van der Waals surface area contributed by atoms with Gasteiger partial charge < -0.3 is 10.4 Å². The number of fused-ring (bicyclic) bond motifs is 1. The van der Waals surface area contributed by atoms with Gasteiger partial charge in [-0.15, -0.1) is 0 Å². The van der Waals surface area contributed by atoms with Crippen LogP contribution < -0.4 is 5.32 Å². The molecule has 0 aliphatic heterocycles. The molecule has 0 atom stereocenters. The molecule has 5 rings (SSSR count). The van der Waals surface area contributed by atoms with E-state index in [4.69, 9.17) is 5.10 Å². The molecule has 9 heteroatoms. The van der Waals surface area contributed by atoms with Gasteiger partial charge in [-0.25, -0.2) is 8.78 Å². The number of carbonyl (C=O) groups is 1. The van der Waals surface area contributed by atoms with E-state index in [-0.39, 0.29) is 17.5 Å². The molecule has 2 aromatic heterocycles. The third kappa shape index (κ3) is 4.84.